The molecule has 0 radical (unpaired) electrons. The Morgan fingerprint density at radius 3 is 2.41 bits per heavy atom. The van der Waals surface area contributed by atoms with E-state index in [4.69, 9.17) is 10.5 Å². The molecule has 0 aromatic heterocycles. The molecule has 27 heavy (non-hydrogen) atoms. The number of carbonyl (C=O) groups excluding carboxylic acids is 1. The van der Waals surface area contributed by atoms with E-state index in [0.717, 1.165) is 30.6 Å². The standard InChI is InChI=1S/C19H23NO2.C4H11N/c1-15(2)8-9-16-10-11-19(18(12-16)20-14-21)22-13-17-6-4-3-5-7-17;1-2-3-4-5/h3-7,10-12,14-15H,8-9,13H2,1-2H3,(H,20,21);2-5H2,1H3. The number of nitrogens with two attached hydrogens (primary N) is 1. The molecule has 0 saturated carbocycles. The lowest BCUT2D eigenvalue weighted by Gasteiger charge is -2.13. The van der Waals surface area contributed by atoms with Crippen molar-refractivity contribution < 1.29 is 9.53 Å². The zero-order valence-corrected chi connectivity index (χ0v) is 16.9. The number of hydrogen-bond donors (Lipinski definition) is 2. The summed E-state index contributed by atoms with van der Waals surface area (Å²) in [5, 5.41) is 2.73. The predicted molar refractivity (Wildman–Crippen MR) is 114 cm³/mol. The summed E-state index contributed by atoms with van der Waals surface area (Å²) < 4.78 is 5.83. The number of carbonyl (C=O) groups is 1. The molecule has 2 rings (SSSR count). The summed E-state index contributed by atoms with van der Waals surface area (Å²) in [6, 6.07) is 16.0. The zero-order chi connectivity index (χ0) is 19.9. The smallest absolute Gasteiger partial charge is 0.211 e. The largest absolute Gasteiger partial charge is 0.487 e. The maximum atomic E-state index is 10.8. The molecule has 0 aliphatic carbocycles. The van der Waals surface area contributed by atoms with Gasteiger partial charge in [-0.1, -0.05) is 63.6 Å². The lowest BCUT2D eigenvalue weighted by molar-refractivity contribution is -0.105. The Kier molecular flexibility index (Phi) is 11.6. The zero-order valence-electron chi connectivity index (χ0n) is 16.9. The molecular weight excluding hydrogens is 336 g/mol. The van der Waals surface area contributed by atoms with Crippen molar-refractivity contribution in [2.75, 3.05) is 11.9 Å². The number of amides is 1. The van der Waals surface area contributed by atoms with Crippen molar-refractivity contribution >= 4 is 12.1 Å². The second kappa shape index (κ2) is 13.8. The van der Waals surface area contributed by atoms with E-state index in [0.29, 0.717) is 24.7 Å². The minimum atomic E-state index is 0.486. The summed E-state index contributed by atoms with van der Waals surface area (Å²) in [5.41, 5.74) is 8.18. The first-order chi connectivity index (χ1) is 13.1. The number of rotatable bonds is 10. The van der Waals surface area contributed by atoms with Crippen LogP contribution in [0.5, 0.6) is 5.75 Å². The lowest BCUT2D eigenvalue weighted by atomic mass is 10.0. The summed E-state index contributed by atoms with van der Waals surface area (Å²) in [6.07, 6.45) is 5.21. The topological polar surface area (TPSA) is 64.3 Å². The number of ether oxygens (including phenoxy) is 1. The minimum absolute atomic E-state index is 0.486. The van der Waals surface area contributed by atoms with Gasteiger partial charge >= 0.3 is 0 Å². The fourth-order valence-electron chi connectivity index (χ4n) is 2.43. The highest BCUT2D eigenvalue weighted by Crippen LogP contribution is 2.27. The molecule has 0 spiro atoms. The summed E-state index contributed by atoms with van der Waals surface area (Å²) in [6.45, 7) is 7.88. The summed E-state index contributed by atoms with van der Waals surface area (Å²) in [7, 11) is 0. The van der Waals surface area contributed by atoms with Crippen LogP contribution in [0.15, 0.2) is 48.5 Å². The van der Waals surface area contributed by atoms with E-state index in [1.165, 1.54) is 18.4 Å². The molecule has 0 saturated heterocycles. The Hall–Kier alpha value is -2.33. The molecule has 0 heterocycles. The molecule has 2 aromatic rings. The average molecular weight is 371 g/mol. The molecule has 1 amide bonds. The van der Waals surface area contributed by atoms with Gasteiger partial charge in [-0.2, -0.15) is 0 Å². The van der Waals surface area contributed by atoms with E-state index in [1.54, 1.807) is 0 Å². The van der Waals surface area contributed by atoms with Crippen LogP contribution in [0.1, 0.15) is 51.2 Å². The van der Waals surface area contributed by atoms with Gasteiger partial charge in [0.1, 0.15) is 12.4 Å². The molecule has 4 nitrogen and oxygen atoms in total. The average Bonchev–Trinajstić information content (AvgIpc) is 2.68. The second-order valence-electron chi connectivity index (χ2n) is 6.94. The van der Waals surface area contributed by atoms with E-state index >= 15 is 0 Å². The molecule has 0 aliphatic heterocycles. The summed E-state index contributed by atoms with van der Waals surface area (Å²) >= 11 is 0. The van der Waals surface area contributed by atoms with Gasteiger partial charge in [-0.15, -0.1) is 0 Å². The highest BCUT2D eigenvalue weighted by atomic mass is 16.5. The van der Waals surface area contributed by atoms with Crippen LogP contribution < -0.4 is 15.8 Å². The van der Waals surface area contributed by atoms with Crippen LogP contribution in [-0.4, -0.2) is 13.0 Å². The molecule has 0 fully saturated rings. The Bertz CT molecular complexity index is 640. The third kappa shape index (κ3) is 9.80. The van der Waals surface area contributed by atoms with Crippen LogP contribution in [0.2, 0.25) is 0 Å². The summed E-state index contributed by atoms with van der Waals surface area (Å²) in [5.74, 6) is 1.36. The van der Waals surface area contributed by atoms with Crippen molar-refractivity contribution in [3.63, 3.8) is 0 Å². The first kappa shape index (κ1) is 22.7. The Labute approximate surface area is 164 Å². The highest BCUT2D eigenvalue weighted by molar-refractivity contribution is 5.75. The van der Waals surface area contributed by atoms with Gasteiger partial charge in [0, 0.05) is 0 Å². The van der Waals surface area contributed by atoms with E-state index < -0.39 is 0 Å². The third-order valence-electron chi connectivity index (χ3n) is 4.06. The monoisotopic (exact) mass is 370 g/mol. The summed E-state index contributed by atoms with van der Waals surface area (Å²) in [4.78, 5) is 10.8. The van der Waals surface area contributed by atoms with Crippen molar-refractivity contribution in [2.24, 2.45) is 11.7 Å². The molecule has 0 aliphatic rings. The van der Waals surface area contributed by atoms with E-state index in [9.17, 15) is 4.79 Å². The number of anilines is 1. The Morgan fingerprint density at radius 1 is 1.11 bits per heavy atom. The van der Waals surface area contributed by atoms with Crippen LogP contribution in [-0.2, 0) is 17.8 Å². The quantitative estimate of drug-likeness (QED) is 0.567. The van der Waals surface area contributed by atoms with Crippen LogP contribution in [0.25, 0.3) is 0 Å². The number of benzene rings is 2. The van der Waals surface area contributed by atoms with Crippen molar-refractivity contribution in [3.8, 4) is 5.75 Å². The highest BCUT2D eigenvalue weighted by Gasteiger charge is 2.06. The predicted octanol–water partition coefficient (Wildman–Crippen LogP) is 5.17. The molecule has 4 heteroatoms. The Balaban J connectivity index is 0.000000646. The molecule has 148 valence electrons. The van der Waals surface area contributed by atoms with E-state index in [2.05, 4.69) is 32.2 Å². The van der Waals surface area contributed by atoms with Crippen LogP contribution in [0.4, 0.5) is 5.69 Å². The second-order valence-corrected chi connectivity index (χ2v) is 6.94. The van der Waals surface area contributed by atoms with Crippen molar-refractivity contribution in [1.82, 2.24) is 0 Å². The van der Waals surface area contributed by atoms with Gasteiger partial charge in [-0.3, -0.25) is 4.79 Å². The van der Waals surface area contributed by atoms with Crippen molar-refractivity contribution in [3.05, 3.63) is 59.7 Å². The first-order valence-electron chi connectivity index (χ1n) is 9.80. The van der Waals surface area contributed by atoms with Gasteiger partial charge in [0.25, 0.3) is 0 Å². The Morgan fingerprint density at radius 2 is 1.85 bits per heavy atom. The first-order valence-corrected chi connectivity index (χ1v) is 9.80. The van der Waals surface area contributed by atoms with Gasteiger partial charge in [0.2, 0.25) is 6.41 Å². The molecule has 0 unspecified atom stereocenters. The maximum Gasteiger partial charge on any atom is 0.211 e. The van der Waals surface area contributed by atoms with Gasteiger partial charge in [0.15, 0.2) is 0 Å². The molecule has 0 bridgehead atoms. The van der Waals surface area contributed by atoms with Crippen LogP contribution in [0, 0.1) is 5.92 Å². The normalized spacial score (nSPS) is 10.1. The van der Waals surface area contributed by atoms with Crippen molar-refractivity contribution in [1.29, 1.82) is 0 Å². The van der Waals surface area contributed by atoms with Crippen LogP contribution >= 0.6 is 0 Å². The lowest BCUT2D eigenvalue weighted by Crippen LogP contribution is -2.02. The molecule has 3 N–H and O–H groups in total. The number of unbranched alkanes of at least 4 members (excludes halogenated alkanes) is 1. The molecule has 2 aromatic carbocycles. The molecular formula is C23H34N2O2. The van der Waals surface area contributed by atoms with Crippen molar-refractivity contribution in [2.45, 2.75) is 53.1 Å². The third-order valence-corrected chi connectivity index (χ3v) is 4.06. The van der Waals surface area contributed by atoms with Crippen LogP contribution in [0.3, 0.4) is 0 Å². The number of hydrogen-bond acceptors (Lipinski definition) is 3. The SMILES string of the molecule is CC(C)CCc1ccc(OCc2ccccc2)c(NC=O)c1.CCCCN. The van der Waals surface area contributed by atoms with E-state index in [-0.39, 0.29) is 0 Å². The fourth-order valence-corrected chi connectivity index (χ4v) is 2.43. The minimum Gasteiger partial charge on any atom is -0.487 e. The number of nitrogens with one attached hydrogen (secondary N) is 1. The van der Waals surface area contributed by atoms with E-state index in [1.807, 2.05) is 42.5 Å². The number of aryl methyl sites for hydroxylation is 1. The fraction of sp³-hybridized carbons (Fsp3) is 0.435. The maximum absolute atomic E-state index is 10.8. The van der Waals surface area contributed by atoms with Gasteiger partial charge in [-0.05, 0) is 55.0 Å². The molecule has 0 atom stereocenters. The van der Waals surface area contributed by atoms with Gasteiger partial charge < -0.3 is 15.8 Å². The van der Waals surface area contributed by atoms with Gasteiger partial charge in [-0.25, -0.2) is 0 Å². The van der Waals surface area contributed by atoms with Gasteiger partial charge in [0.05, 0.1) is 5.69 Å².